The normalized spacial score (nSPS) is 11.0. The standard InChI is InChI=1S/C19H29N5O2.HI/c1-4-26-14-6-5-12-21-19(20-2)22-15-16-11-13-24(23-16)17-7-9-18(25-3)10-8-17;/h7-11,13H,4-6,12,14-15H2,1-3H3,(H2,20,21,22);1H. The Morgan fingerprint density at radius 2 is 1.93 bits per heavy atom. The highest BCUT2D eigenvalue weighted by atomic mass is 127. The third-order valence-electron chi connectivity index (χ3n) is 3.85. The molecular weight excluding hydrogens is 457 g/mol. The number of aromatic nitrogens is 2. The molecule has 2 rings (SSSR count). The van der Waals surface area contributed by atoms with Gasteiger partial charge < -0.3 is 20.1 Å². The molecule has 0 amide bonds. The maximum absolute atomic E-state index is 5.33. The van der Waals surface area contributed by atoms with Gasteiger partial charge in [0, 0.05) is 33.0 Å². The highest BCUT2D eigenvalue weighted by molar-refractivity contribution is 14.0. The van der Waals surface area contributed by atoms with Crippen molar-refractivity contribution in [2.24, 2.45) is 4.99 Å². The van der Waals surface area contributed by atoms with Crippen LogP contribution >= 0.6 is 24.0 Å². The van der Waals surface area contributed by atoms with Crippen LogP contribution in [0.3, 0.4) is 0 Å². The van der Waals surface area contributed by atoms with Gasteiger partial charge in [0.2, 0.25) is 0 Å². The van der Waals surface area contributed by atoms with E-state index in [2.05, 4.69) is 20.7 Å². The van der Waals surface area contributed by atoms with E-state index in [9.17, 15) is 0 Å². The second kappa shape index (κ2) is 13.4. The number of nitrogens with one attached hydrogen (secondary N) is 2. The molecule has 27 heavy (non-hydrogen) atoms. The van der Waals surface area contributed by atoms with Crippen LogP contribution in [0.25, 0.3) is 5.69 Å². The Hall–Kier alpha value is -1.81. The molecule has 0 aliphatic carbocycles. The molecule has 0 fully saturated rings. The molecule has 0 saturated heterocycles. The molecule has 1 aromatic carbocycles. The summed E-state index contributed by atoms with van der Waals surface area (Å²) in [5, 5.41) is 11.2. The molecule has 150 valence electrons. The summed E-state index contributed by atoms with van der Waals surface area (Å²) in [6.45, 7) is 5.08. The number of halogens is 1. The van der Waals surface area contributed by atoms with E-state index in [1.165, 1.54) is 0 Å². The third kappa shape index (κ3) is 8.17. The number of hydrogen-bond donors (Lipinski definition) is 2. The van der Waals surface area contributed by atoms with Gasteiger partial charge in [0.05, 0.1) is 25.0 Å². The molecule has 1 aromatic heterocycles. The fourth-order valence-corrected chi connectivity index (χ4v) is 2.41. The van der Waals surface area contributed by atoms with Crippen molar-refractivity contribution in [3.8, 4) is 11.4 Å². The SMILES string of the molecule is CCOCCCCNC(=NC)NCc1ccn(-c2ccc(OC)cc2)n1.I. The molecule has 0 aliphatic rings. The van der Waals surface area contributed by atoms with Gasteiger partial charge in [0.15, 0.2) is 5.96 Å². The van der Waals surface area contributed by atoms with Gasteiger partial charge in [-0.15, -0.1) is 24.0 Å². The lowest BCUT2D eigenvalue weighted by molar-refractivity contribution is 0.143. The van der Waals surface area contributed by atoms with Gasteiger partial charge in [-0.2, -0.15) is 5.10 Å². The van der Waals surface area contributed by atoms with Crippen LogP contribution in [-0.2, 0) is 11.3 Å². The van der Waals surface area contributed by atoms with Crippen LogP contribution in [0.1, 0.15) is 25.5 Å². The average Bonchev–Trinajstić information content (AvgIpc) is 3.16. The Kier molecular flexibility index (Phi) is 11.5. The number of unbranched alkanes of at least 4 members (excludes halogenated alkanes) is 1. The van der Waals surface area contributed by atoms with Crippen molar-refractivity contribution in [1.82, 2.24) is 20.4 Å². The maximum atomic E-state index is 5.33. The Bertz CT molecular complexity index is 673. The Morgan fingerprint density at radius 1 is 1.15 bits per heavy atom. The Labute approximate surface area is 178 Å². The molecule has 8 heteroatoms. The van der Waals surface area contributed by atoms with Crippen molar-refractivity contribution >= 4 is 29.9 Å². The minimum Gasteiger partial charge on any atom is -0.497 e. The molecule has 2 N–H and O–H groups in total. The summed E-state index contributed by atoms with van der Waals surface area (Å²) >= 11 is 0. The molecule has 2 aromatic rings. The van der Waals surface area contributed by atoms with Crippen molar-refractivity contribution in [2.75, 3.05) is 33.9 Å². The van der Waals surface area contributed by atoms with E-state index < -0.39 is 0 Å². The van der Waals surface area contributed by atoms with Gasteiger partial charge in [0.1, 0.15) is 5.75 Å². The fourth-order valence-electron chi connectivity index (χ4n) is 2.41. The first kappa shape index (κ1) is 23.2. The lowest BCUT2D eigenvalue weighted by Gasteiger charge is -2.11. The van der Waals surface area contributed by atoms with Crippen LogP contribution in [-0.4, -0.2) is 49.7 Å². The van der Waals surface area contributed by atoms with Gasteiger partial charge in [-0.25, -0.2) is 4.68 Å². The van der Waals surface area contributed by atoms with Crippen LogP contribution < -0.4 is 15.4 Å². The highest BCUT2D eigenvalue weighted by Gasteiger charge is 2.03. The molecule has 0 atom stereocenters. The number of guanidine groups is 1. The molecule has 0 bridgehead atoms. The summed E-state index contributed by atoms with van der Waals surface area (Å²) in [7, 11) is 3.43. The topological polar surface area (TPSA) is 72.7 Å². The number of nitrogens with zero attached hydrogens (tertiary/aromatic N) is 3. The zero-order chi connectivity index (χ0) is 18.6. The monoisotopic (exact) mass is 487 g/mol. The van der Waals surface area contributed by atoms with Crippen molar-refractivity contribution in [3.05, 3.63) is 42.2 Å². The lowest BCUT2D eigenvalue weighted by atomic mass is 10.3. The van der Waals surface area contributed by atoms with E-state index in [1.807, 2.05) is 48.1 Å². The summed E-state index contributed by atoms with van der Waals surface area (Å²) in [6.07, 6.45) is 4.04. The molecule has 0 aliphatic heterocycles. The van der Waals surface area contributed by atoms with Gasteiger partial charge in [-0.1, -0.05) is 0 Å². The van der Waals surface area contributed by atoms with E-state index >= 15 is 0 Å². The van der Waals surface area contributed by atoms with E-state index in [-0.39, 0.29) is 24.0 Å². The second-order valence-corrected chi connectivity index (χ2v) is 5.71. The summed E-state index contributed by atoms with van der Waals surface area (Å²) < 4.78 is 12.4. The van der Waals surface area contributed by atoms with Gasteiger partial charge in [-0.05, 0) is 50.1 Å². The lowest BCUT2D eigenvalue weighted by Crippen LogP contribution is -2.37. The first-order chi connectivity index (χ1) is 12.8. The van der Waals surface area contributed by atoms with E-state index in [0.717, 1.165) is 55.7 Å². The van der Waals surface area contributed by atoms with E-state index in [4.69, 9.17) is 9.47 Å². The molecule has 0 saturated carbocycles. The predicted molar refractivity (Wildman–Crippen MR) is 119 cm³/mol. The minimum absolute atomic E-state index is 0. The number of rotatable bonds is 10. The minimum atomic E-state index is 0. The van der Waals surface area contributed by atoms with Gasteiger partial charge in [0.25, 0.3) is 0 Å². The fraction of sp³-hybridized carbons (Fsp3) is 0.474. The average molecular weight is 487 g/mol. The summed E-state index contributed by atoms with van der Waals surface area (Å²) in [6, 6.07) is 9.79. The summed E-state index contributed by atoms with van der Waals surface area (Å²) in [4.78, 5) is 4.24. The third-order valence-corrected chi connectivity index (χ3v) is 3.85. The van der Waals surface area contributed by atoms with Crippen LogP contribution in [0, 0.1) is 0 Å². The van der Waals surface area contributed by atoms with Crippen molar-refractivity contribution < 1.29 is 9.47 Å². The van der Waals surface area contributed by atoms with Gasteiger partial charge in [-0.3, -0.25) is 4.99 Å². The Morgan fingerprint density at radius 3 is 2.59 bits per heavy atom. The molecule has 0 radical (unpaired) electrons. The second-order valence-electron chi connectivity index (χ2n) is 5.71. The first-order valence-corrected chi connectivity index (χ1v) is 8.98. The van der Waals surface area contributed by atoms with Crippen molar-refractivity contribution in [1.29, 1.82) is 0 Å². The molecule has 0 spiro atoms. The highest BCUT2D eigenvalue weighted by Crippen LogP contribution is 2.14. The van der Waals surface area contributed by atoms with Gasteiger partial charge >= 0.3 is 0 Å². The molecule has 1 heterocycles. The Balaban J connectivity index is 0.00000364. The largest absolute Gasteiger partial charge is 0.497 e. The van der Waals surface area contributed by atoms with Crippen molar-refractivity contribution in [3.63, 3.8) is 0 Å². The molecule has 0 unspecified atom stereocenters. The smallest absolute Gasteiger partial charge is 0.191 e. The van der Waals surface area contributed by atoms with Crippen LogP contribution in [0.4, 0.5) is 0 Å². The van der Waals surface area contributed by atoms with Crippen LogP contribution in [0.2, 0.25) is 0 Å². The summed E-state index contributed by atoms with van der Waals surface area (Å²) in [5.41, 5.74) is 1.94. The quantitative estimate of drug-likeness (QED) is 0.233. The number of aliphatic imine (C=N–C) groups is 1. The number of hydrogen-bond acceptors (Lipinski definition) is 4. The predicted octanol–water partition coefficient (Wildman–Crippen LogP) is 2.98. The number of methoxy groups -OCH3 is 1. The zero-order valence-corrected chi connectivity index (χ0v) is 18.6. The maximum Gasteiger partial charge on any atom is 0.191 e. The van der Waals surface area contributed by atoms with Crippen molar-refractivity contribution in [2.45, 2.75) is 26.3 Å². The molecular formula is C19H30IN5O2. The number of benzene rings is 1. The van der Waals surface area contributed by atoms with Crippen LogP contribution in [0.15, 0.2) is 41.5 Å². The molecule has 7 nitrogen and oxygen atoms in total. The number of ether oxygens (including phenoxy) is 2. The zero-order valence-electron chi connectivity index (χ0n) is 16.3. The van der Waals surface area contributed by atoms with E-state index in [0.29, 0.717) is 6.54 Å². The van der Waals surface area contributed by atoms with E-state index in [1.54, 1.807) is 14.2 Å². The van der Waals surface area contributed by atoms with Crippen LogP contribution in [0.5, 0.6) is 5.75 Å². The summed E-state index contributed by atoms with van der Waals surface area (Å²) in [5.74, 6) is 1.61. The first-order valence-electron chi connectivity index (χ1n) is 8.98.